The van der Waals surface area contributed by atoms with Crippen LogP contribution < -0.4 is 5.73 Å². The van der Waals surface area contributed by atoms with Crippen molar-refractivity contribution in [2.45, 2.75) is 45.1 Å². The summed E-state index contributed by atoms with van der Waals surface area (Å²) in [5, 5.41) is 12.8. The molecule has 0 aliphatic rings. The monoisotopic (exact) mass is 303 g/mol. The van der Waals surface area contributed by atoms with Gasteiger partial charge in [-0.2, -0.15) is 0 Å². The Kier molecular flexibility index (Phi) is 5.57. The summed E-state index contributed by atoms with van der Waals surface area (Å²) >= 11 is 1.62. The van der Waals surface area contributed by atoms with Crippen LogP contribution in [0.1, 0.15) is 60.3 Å². The van der Waals surface area contributed by atoms with Gasteiger partial charge in [0.25, 0.3) is 0 Å². The van der Waals surface area contributed by atoms with Gasteiger partial charge in [0.15, 0.2) is 0 Å². The van der Waals surface area contributed by atoms with Crippen LogP contribution >= 0.6 is 11.3 Å². The molecule has 0 saturated heterocycles. The maximum absolute atomic E-state index is 10.7. The van der Waals surface area contributed by atoms with E-state index >= 15 is 0 Å². The lowest BCUT2D eigenvalue weighted by atomic mass is 9.89. The standard InChI is InChI=1S/C18H25NOS/c1-4-13-9-10-21-18(13)17(20)16(11-19)15-7-5-14(6-8-15)12(2)3/h5-10,12,16-17,20H,4,11,19H2,1-3H3. The molecule has 2 rings (SSSR count). The first-order valence-electron chi connectivity index (χ1n) is 7.62. The fourth-order valence-electron chi connectivity index (χ4n) is 2.66. The zero-order chi connectivity index (χ0) is 15.4. The van der Waals surface area contributed by atoms with Gasteiger partial charge in [0, 0.05) is 17.3 Å². The molecule has 0 saturated carbocycles. The highest BCUT2D eigenvalue weighted by molar-refractivity contribution is 7.10. The molecular weight excluding hydrogens is 278 g/mol. The molecule has 21 heavy (non-hydrogen) atoms. The van der Waals surface area contributed by atoms with Crippen LogP contribution in [0.15, 0.2) is 35.7 Å². The molecule has 2 atom stereocenters. The first-order chi connectivity index (χ1) is 10.1. The lowest BCUT2D eigenvalue weighted by Crippen LogP contribution is -2.20. The van der Waals surface area contributed by atoms with Crippen LogP contribution in [-0.4, -0.2) is 11.7 Å². The molecule has 2 unspecified atom stereocenters. The van der Waals surface area contributed by atoms with Crippen molar-refractivity contribution in [1.29, 1.82) is 0 Å². The average molecular weight is 303 g/mol. The molecule has 1 aromatic heterocycles. The quantitative estimate of drug-likeness (QED) is 0.839. The lowest BCUT2D eigenvalue weighted by Gasteiger charge is -2.22. The van der Waals surface area contributed by atoms with E-state index in [0.717, 1.165) is 16.9 Å². The van der Waals surface area contributed by atoms with E-state index in [1.54, 1.807) is 11.3 Å². The topological polar surface area (TPSA) is 46.2 Å². The van der Waals surface area contributed by atoms with Crippen molar-refractivity contribution in [3.8, 4) is 0 Å². The van der Waals surface area contributed by atoms with Crippen LogP contribution in [-0.2, 0) is 6.42 Å². The van der Waals surface area contributed by atoms with Crippen molar-refractivity contribution in [2.75, 3.05) is 6.54 Å². The third-order valence-electron chi connectivity index (χ3n) is 4.10. The normalized spacial score (nSPS) is 14.4. The van der Waals surface area contributed by atoms with E-state index in [1.807, 2.05) is 5.38 Å². The highest BCUT2D eigenvalue weighted by Gasteiger charge is 2.24. The van der Waals surface area contributed by atoms with Gasteiger partial charge in [-0.05, 0) is 40.5 Å². The molecule has 2 aromatic rings. The molecule has 3 N–H and O–H groups in total. The fourth-order valence-corrected chi connectivity index (χ4v) is 3.70. The summed E-state index contributed by atoms with van der Waals surface area (Å²) in [5.41, 5.74) is 9.60. The Bertz CT molecular complexity index is 559. The van der Waals surface area contributed by atoms with Crippen LogP contribution in [0.5, 0.6) is 0 Å². The van der Waals surface area contributed by atoms with Crippen LogP contribution in [0.2, 0.25) is 0 Å². The van der Waals surface area contributed by atoms with Gasteiger partial charge in [0.05, 0.1) is 6.10 Å². The molecule has 0 bridgehead atoms. The molecule has 114 valence electrons. The molecule has 2 nitrogen and oxygen atoms in total. The summed E-state index contributed by atoms with van der Waals surface area (Å²) < 4.78 is 0. The van der Waals surface area contributed by atoms with Crippen LogP contribution in [0, 0.1) is 0 Å². The third kappa shape index (κ3) is 3.54. The van der Waals surface area contributed by atoms with Gasteiger partial charge in [-0.25, -0.2) is 0 Å². The minimum atomic E-state index is -0.519. The van der Waals surface area contributed by atoms with Gasteiger partial charge in [0.2, 0.25) is 0 Å². The van der Waals surface area contributed by atoms with Crippen LogP contribution in [0.3, 0.4) is 0 Å². The van der Waals surface area contributed by atoms with E-state index in [2.05, 4.69) is 51.1 Å². The molecular formula is C18H25NOS. The van der Waals surface area contributed by atoms with Crippen molar-refractivity contribution in [3.63, 3.8) is 0 Å². The Morgan fingerprint density at radius 1 is 1.10 bits per heavy atom. The molecule has 0 aliphatic heterocycles. The summed E-state index contributed by atoms with van der Waals surface area (Å²) in [6.45, 7) is 6.93. The number of hydrogen-bond acceptors (Lipinski definition) is 3. The summed E-state index contributed by atoms with van der Waals surface area (Å²) in [5.74, 6) is 0.472. The molecule has 0 aliphatic carbocycles. The minimum absolute atomic E-state index is 0.0461. The van der Waals surface area contributed by atoms with E-state index in [4.69, 9.17) is 5.73 Å². The Hall–Kier alpha value is -1.16. The number of aliphatic hydroxyl groups is 1. The van der Waals surface area contributed by atoms with Gasteiger partial charge >= 0.3 is 0 Å². The second-order valence-electron chi connectivity index (χ2n) is 5.77. The zero-order valence-electron chi connectivity index (χ0n) is 13.0. The second kappa shape index (κ2) is 7.21. The SMILES string of the molecule is CCc1ccsc1C(O)C(CN)c1ccc(C(C)C)cc1. The van der Waals surface area contributed by atoms with Crippen molar-refractivity contribution in [3.05, 3.63) is 57.3 Å². The van der Waals surface area contributed by atoms with E-state index in [0.29, 0.717) is 12.5 Å². The van der Waals surface area contributed by atoms with E-state index < -0.39 is 6.10 Å². The number of benzene rings is 1. The lowest BCUT2D eigenvalue weighted by molar-refractivity contribution is 0.150. The second-order valence-corrected chi connectivity index (χ2v) is 6.72. The van der Waals surface area contributed by atoms with Gasteiger partial charge in [-0.3, -0.25) is 0 Å². The Labute approximate surface area is 131 Å². The van der Waals surface area contributed by atoms with E-state index in [9.17, 15) is 5.11 Å². The number of aliphatic hydroxyl groups excluding tert-OH is 1. The van der Waals surface area contributed by atoms with Crippen molar-refractivity contribution < 1.29 is 5.11 Å². The Morgan fingerprint density at radius 2 is 1.71 bits per heavy atom. The van der Waals surface area contributed by atoms with Gasteiger partial charge < -0.3 is 10.8 Å². The Balaban J connectivity index is 2.26. The van der Waals surface area contributed by atoms with Gasteiger partial charge in [-0.15, -0.1) is 11.3 Å². The predicted molar refractivity (Wildman–Crippen MR) is 91.0 cm³/mol. The summed E-state index contributed by atoms with van der Waals surface area (Å²) in [4.78, 5) is 1.06. The third-order valence-corrected chi connectivity index (χ3v) is 5.13. The van der Waals surface area contributed by atoms with Crippen molar-refractivity contribution in [1.82, 2.24) is 0 Å². The maximum Gasteiger partial charge on any atom is 0.0965 e. The average Bonchev–Trinajstić information content (AvgIpc) is 2.96. The number of nitrogens with two attached hydrogens (primary N) is 1. The number of hydrogen-bond donors (Lipinski definition) is 2. The van der Waals surface area contributed by atoms with Crippen LogP contribution in [0.4, 0.5) is 0 Å². The predicted octanol–water partition coefficient (Wildman–Crippen LogP) is 4.21. The minimum Gasteiger partial charge on any atom is -0.387 e. The first-order valence-corrected chi connectivity index (χ1v) is 8.50. The maximum atomic E-state index is 10.7. The fraction of sp³-hybridized carbons (Fsp3) is 0.444. The van der Waals surface area contributed by atoms with E-state index in [1.165, 1.54) is 11.1 Å². The number of rotatable bonds is 6. The van der Waals surface area contributed by atoms with Gasteiger partial charge in [0.1, 0.15) is 0 Å². The molecule has 0 spiro atoms. The highest BCUT2D eigenvalue weighted by Crippen LogP contribution is 2.35. The number of aryl methyl sites for hydroxylation is 1. The highest BCUT2D eigenvalue weighted by atomic mass is 32.1. The molecule has 0 amide bonds. The summed E-state index contributed by atoms with van der Waals surface area (Å²) in [6.07, 6.45) is 0.425. The Morgan fingerprint density at radius 3 is 2.24 bits per heavy atom. The molecule has 0 radical (unpaired) electrons. The summed E-state index contributed by atoms with van der Waals surface area (Å²) in [6, 6.07) is 10.6. The van der Waals surface area contributed by atoms with Crippen molar-refractivity contribution in [2.24, 2.45) is 5.73 Å². The molecule has 1 aromatic carbocycles. The molecule has 1 heterocycles. The van der Waals surface area contributed by atoms with Crippen LogP contribution in [0.25, 0.3) is 0 Å². The van der Waals surface area contributed by atoms with Crippen molar-refractivity contribution >= 4 is 11.3 Å². The van der Waals surface area contributed by atoms with Gasteiger partial charge in [-0.1, -0.05) is 45.0 Å². The zero-order valence-corrected chi connectivity index (χ0v) is 13.9. The number of thiophene rings is 1. The largest absolute Gasteiger partial charge is 0.387 e. The smallest absolute Gasteiger partial charge is 0.0965 e. The molecule has 0 fully saturated rings. The molecule has 3 heteroatoms. The first kappa shape index (κ1) is 16.2. The summed E-state index contributed by atoms with van der Waals surface area (Å²) in [7, 11) is 0. The van der Waals surface area contributed by atoms with E-state index in [-0.39, 0.29) is 5.92 Å².